The molecule has 1 fully saturated rings. The molecule has 1 rings (SSSR count). The van der Waals surface area contributed by atoms with Crippen LogP contribution in [-0.2, 0) is 9.53 Å². The summed E-state index contributed by atoms with van der Waals surface area (Å²) in [6, 6.07) is 0. The van der Waals surface area contributed by atoms with Gasteiger partial charge < -0.3 is 4.74 Å². The maximum atomic E-state index is 11.7. The highest BCUT2D eigenvalue weighted by molar-refractivity contribution is 5.88. The molecule has 1 saturated carbocycles. The summed E-state index contributed by atoms with van der Waals surface area (Å²) in [6.07, 6.45) is 7.09. The highest BCUT2D eigenvalue weighted by Crippen LogP contribution is 2.37. The Morgan fingerprint density at radius 1 is 1.38 bits per heavy atom. The van der Waals surface area contributed by atoms with Crippen LogP contribution in [0.1, 0.15) is 51.9 Å². The number of carbonyl (C=O) groups excluding carboxylic acids is 1. The molecule has 0 saturated heterocycles. The Labute approximate surface area is 80.7 Å². The molecule has 0 aliphatic heterocycles. The van der Waals surface area contributed by atoms with Crippen LogP contribution in [-0.4, -0.2) is 18.5 Å². The molecule has 0 N–H and O–H groups in total. The number of rotatable bonds is 6. The van der Waals surface area contributed by atoms with E-state index in [2.05, 4.69) is 6.92 Å². The third-order valence-corrected chi connectivity index (χ3v) is 3.07. The lowest BCUT2D eigenvalue weighted by molar-refractivity contribution is -0.151. The van der Waals surface area contributed by atoms with Crippen LogP contribution in [0.25, 0.3) is 0 Å². The van der Waals surface area contributed by atoms with E-state index in [9.17, 15) is 4.79 Å². The Hall–Kier alpha value is -0.370. The minimum Gasteiger partial charge on any atom is -0.370 e. The van der Waals surface area contributed by atoms with E-state index in [4.69, 9.17) is 4.74 Å². The fourth-order valence-corrected chi connectivity index (χ4v) is 1.86. The minimum absolute atomic E-state index is 0.328. The van der Waals surface area contributed by atoms with Crippen molar-refractivity contribution >= 4 is 5.78 Å². The lowest BCUT2D eigenvalue weighted by Gasteiger charge is -2.38. The first-order valence-corrected chi connectivity index (χ1v) is 5.33. The summed E-state index contributed by atoms with van der Waals surface area (Å²) in [6.45, 7) is 2.15. The molecule has 76 valence electrons. The highest BCUT2D eigenvalue weighted by atomic mass is 16.5. The molecular weight excluding hydrogens is 164 g/mol. The van der Waals surface area contributed by atoms with E-state index >= 15 is 0 Å². The molecule has 0 amide bonds. The van der Waals surface area contributed by atoms with Crippen LogP contribution >= 0.6 is 0 Å². The fraction of sp³-hybridized carbons (Fsp3) is 0.909. The Bertz CT molecular complexity index is 165. The highest BCUT2D eigenvalue weighted by Gasteiger charge is 2.43. The van der Waals surface area contributed by atoms with E-state index < -0.39 is 0 Å². The monoisotopic (exact) mass is 184 g/mol. The molecule has 0 aromatic rings. The Morgan fingerprint density at radius 3 is 2.46 bits per heavy atom. The van der Waals surface area contributed by atoms with Crippen LogP contribution in [0.5, 0.6) is 0 Å². The minimum atomic E-state index is -0.367. The van der Waals surface area contributed by atoms with Crippen LogP contribution in [0.15, 0.2) is 0 Å². The predicted molar refractivity (Wildman–Crippen MR) is 52.7 cm³/mol. The quantitative estimate of drug-likeness (QED) is 0.593. The van der Waals surface area contributed by atoms with Gasteiger partial charge in [-0.25, -0.2) is 0 Å². The molecule has 0 spiro atoms. The van der Waals surface area contributed by atoms with Gasteiger partial charge in [-0.2, -0.15) is 0 Å². The SMILES string of the molecule is CCCCCC(=O)C1(OC)CCC1. The Kier molecular flexibility index (Phi) is 3.91. The summed E-state index contributed by atoms with van der Waals surface area (Å²) in [7, 11) is 1.66. The number of Topliss-reactive ketones (excluding diaryl/α,β-unsaturated/α-hetero) is 1. The van der Waals surface area contributed by atoms with Crippen LogP contribution in [0.3, 0.4) is 0 Å². The second-order valence-corrected chi connectivity index (χ2v) is 3.93. The van der Waals surface area contributed by atoms with Gasteiger partial charge in [-0.05, 0) is 25.7 Å². The maximum Gasteiger partial charge on any atom is 0.164 e. The molecule has 13 heavy (non-hydrogen) atoms. The third kappa shape index (κ3) is 2.31. The number of carbonyl (C=O) groups is 1. The second-order valence-electron chi connectivity index (χ2n) is 3.93. The van der Waals surface area contributed by atoms with E-state index in [0.717, 1.165) is 32.1 Å². The van der Waals surface area contributed by atoms with Crippen molar-refractivity contribution in [2.24, 2.45) is 0 Å². The zero-order valence-electron chi connectivity index (χ0n) is 8.77. The molecule has 1 aliphatic rings. The van der Waals surface area contributed by atoms with Gasteiger partial charge in [0.2, 0.25) is 0 Å². The van der Waals surface area contributed by atoms with Gasteiger partial charge in [0, 0.05) is 13.5 Å². The molecule has 1 aliphatic carbocycles. The van der Waals surface area contributed by atoms with Crippen molar-refractivity contribution in [3.63, 3.8) is 0 Å². The van der Waals surface area contributed by atoms with Gasteiger partial charge in [-0.1, -0.05) is 19.8 Å². The molecule has 0 aromatic heterocycles. The maximum absolute atomic E-state index is 11.7. The predicted octanol–water partition coefficient (Wildman–Crippen LogP) is 2.70. The van der Waals surface area contributed by atoms with Crippen molar-refractivity contribution in [3.05, 3.63) is 0 Å². The number of hydrogen-bond acceptors (Lipinski definition) is 2. The summed E-state index contributed by atoms with van der Waals surface area (Å²) in [5, 5.41) is 0. The van der Waals surface area contributed by atoms with E-state index in [0.29, 0.717) is 12.2 Å². The first-order valence-electron chi connectivity index (χ1n) is 5.33. The Morgan fingerprint density at radius 2 is 2.08 bits per heavy atom. The van der Waals surface area contributed by atoms with E-state index in [1.807, 2.05) is 0 Å². The normalized spacial score (nSPS) is 19.5. The molecule has 0 bridgehead atoms. The molecule has 2 heteroatoms. The Balaban J connectivity index is 2.28. The van der Waals surface area contributed by atoms with Crippen LogP contribution in [0.4, 0.5) is 0 Å². The summed E-state index contributed by atoms with van der Waals surface area (Å²) in [5.74, 6) is 0.328. The van der Waals surface area contributed by atoms with Crippen LogP contribution in [0, 0.1) is 0 Å². The second kappa shape index (κ2) is 4.75. The number of hydrogen-bond donors (Lipinski definition) is 0. The molecule has 0 radical (unpaired) electrons. The van der Waals surface area contributed by atoms with Gasteiger partial charge >= 0.3 is 0 Å². The van der Waals surface area contributed by atoms with E-state index in [1.54, 1.807) is 7.11 Å². The van der Waals surface area contributed by atoms with E-state index in [1.165, 1.54) is 6.42 Å². The average Bonchev–Trinajstić information content (AvgIpc) is 2.04. The number of ether oxygens (including phenoxy) is 1. The van der Waals surface area contributed by atoms with Gasteiger partial charge in [0.05, 0.1) is 0 Å². The lowest BCUT2D eigenvalue weighted by Crippen LogP contribution is -2.46. The van der Waals surface area contributed by atoms with Gasteiger partial charge in [-0.15, -0.1) is 0 Å². The van der Waals surface area contributed by atoms with Crippen LogP contribution in [0.2, 0.25) is 0 Å². The first kappa shape index (κ1) is 10.7. The van der Waals surface area contributed by atoms with Crippen molar-refractivity contribution in [2.75, 3.05) is 7.11 Å². The van der Waals surface area contributed by atoms with Gasteiger partial charge in [0.1, 0.15) is 5.60 Å². The summed E-state index contributed by atoms with van der Waals surface area (Å²) >= 11 is 0. The largest absolute Gasteiger partial charge is 0.370 e. The van der Waals surface area contributed by atoms with Crippen molar-refractivity contribution in [1.82, 2.24) is 0 Å². The number of unbranched alkanes of at least 4 members (excludes halogenated alkanes) is 2. The smallest absolute Gasteiger partial charge is 0.164 e. The summed E-state index contributed by atoms with van der Waals surface area (Å²) in [5.41, 5.74) is -0.367. The van der Waals surface area contributed by atoms with Crippen molar-refractivity contribution < 1.29 is 9.53 Å². The zero-order valence-corrected chi connectivity index (χ0v) is 8.77. The third-order valence-electron chi connectivity index (χ3n) is 3.07. The summed E-state index contributed by atoms with van der Waals surface area (Å²) < 4.78 is 5.32. The van der Waals surface area contributed by atoms with Crippen molar-refractivity contribution in [1.29, 1.82) is 0 Å². The van der Waals surface area contributed by atoms with Crippen LogP contribution < -0.4 is 0 Å². The molecular formula is C11H20O2. The average molecular weight is 184 g/mol. The van der Waals surface area contributed by atoms with Gasteiger partial charge in [-0.3, -0.25) is 4.79 Å². The number of methoxy groups -OCH3 is 1. The zero-order chi connectivity index (χ0) is 9.73. The molecule has 2 nitrogen and oxygen atoms in total. The van der Waals surface area contributed by atoms with E-state index in [-0.39, 0.29) is 5.60 Å². The molecule has 0 atom stereocenters. The summed E-state index contributed by atoms with van der Waals surface area (Å²) in [4.78, 5) is 11.7. The van der Waals surface area contributed by atoms with Gasteiger partial charge in [0.25, 0.3) is 0 Å². The lowest BCUT2D eigenvalue weighted by atomic mass is 9.75. The molecule has 0 heterocycles. The standard InChI is InChI=1S/C11H20O2/c1-3-4-5-7-10(12)11(13-2)8-6-9-11/h3-9H2,1-2H3. The fourth-order valence-electron chi connectivity index (χ4n) is 1.86. The number of ketones is 1. The van der Waals surface area contributed by atoms with Crippen molar-refractivity contribution in [2.45, 2.75) is 57.5 Å². The first-order chi connectivity index (χ1) is 6.25. The topological polar surface area (TPSA) is 26.3 Å². The van der Waals surface area contributed by atoms with Gasteiger partial charge in [0.15, 0.2) is 5.78 Å². The molecule has 0 aromatic carbocycles. The van der Waals surface area contributed by atoms with Crippen molar-refractivity contribution in [3.8, 4) is 0 Å². The molecule has 0 unspecified atom stereocenters.